The van der Waals surface area contributed by atoms with Crippen LogP contribution in [0, 0.1) is 0 Å². The Bertz CT molecular complexity index is 629. The number of ether oxygens (including phenoxy) is 1. The molecule has 1 aromatic heterocycles. The van der Waals surface area contributed by atoms with E-state index in [4.69, 9.17) is 14.9 Å². The van der Waals surface area contributed by atoms with Gasteiger partial charge in [-0.1, -0.05) is 18.2 Å². The average Bonchev–Trinajstić information content (AvgIpc) is 2.39. The van der Waals surface area contributed by atoms with Crippen LogP contribution in [0.3, 0.4) is 0 Å². The Morgan fingerprint density at radius 3 is 2.37 bits per heavy atom. The molecule has 2 rings (SSSR count). The monoisotopic (exact) mass is 277 g/mol. The van der Waals surface area contributed by atoms with Crippen LogP contribution >= 0.6 is 8.35 Å². The third-order valence-electron chi connectivity index (χ3n) is 2.22. The molecule has 19 heavy (non-hydrogen) atoms. The maximum Gasteiger partial charge on any atom is 0.342 e. The Morgan fingerprint density at radius 2 is 1.79 bits per heavy atom. The highest BCUT2D eigenvalue weighted by Gasteiger charge is 2.23. The van der Waals surface area contributed by atoms with Gasteiger partial charge in [0.2, 0.25) is 5.88 Å². The molecule has 0 radical (unpaired) electrons. The van der Waals surface area contributed by atoms with Crippen molar-refractivity contribution < 1.29 is 24.5 Å². The first-order chi connectivity index (χ1) is 9.09. The molecule has 0 fully saturated rings. The maximum atomic E-state index is 11.2. The molecule has 0 aliphatic carbocycles. The van der Waals surface area contributed by atoms with Gasteiger partial charge in [-0.15, -0.1) is 0 Å². The normalized spacial score (nSPS) is 10.3. The molecule has 0 atom stereocenters. The van der Waals surface area contributed by atoms with Crippen molar-refractivity contribution in [2.24, 2.45) is 0 Å². The molecule has 0 saturated heterocycles. The number of carboxylic acids is 2. The molecule has 0 spiro atoms. The van der Waals surface area contributed by atoms with E-state index in [0.717, 1.165) is 0 Å². The zero-order valence-electron chi connectivity index (χ0n) is 9.48. The predicted octanol–water partition coefficient (Wildman–Crippen LogP) is 2.85. The summed E-state index contributed by atoms with van der Waals surface area (Å²) in [5.41, 5.74) is -0.773. The first-order valence-corrected chi connectivity index (χ1v) is 6.06. The van der Waals surface area contributed by atoms with Crippen LogP contribution in [0.2, 0.25) is 0 Å². The summed E-state index contributed by atoms with van der Waals surface area (Å²) in [5.74, 6) is -1.32. The number of aromatic nitrogens is 1. The predicted molar refractivity (Wildman–Crippen MR) is 67.2 cm³/mol. The van der Waals surface area contributed by atoms with Gasteiger partial charge in [-0.3, -0.25) is 0 Å². The molecule has 6 nitrogen and oxygen atoms in total. The fourth-order valence-corrected chi connectivity index (χ4v) is 2.07. The van der Waals surface area contributed by atoms with Crippen LogP contribution in [-0.2, 0) is 0 Å². The zero-order chi connectivity index (χ0) is 13.8. The molecule has 7 heteroatoms. The van der Waals surface area contributed by atoms with Crippen molar-refractivity contribution in [2.45, 2.75) is 0 Å². The van der Waals surface area contributed by atoms with Gasteiger partial charge >= 0.3 is 11.9 Å². The van der Waals surface area contributed by atoms with Crippen molar-refractivity contribution in [3.8, 4) is 11.6 Å². The van der Waals surface area contributed by atoms with Crippen LogP contribution in [-0.4, -0.2) is 26.9 Å². The lowest BCUT2D eigenvalue weighted by molar-refractivity contribution is 0.0649. The number of carbonyl (C=O) groups is 2. The molecule has 0 aliphatic heterocycles. The Labute approximate surface area is 109 Å². The molecule has 0 aliphatic rings. The molecule has 0 amide bonds. The third kappa shape index (κ3) is 2.86. The summed E-state index contributed by atoms with van der Waals surface area (Å²) in [7, 11) is 0.319. The van der Waals surface area contributed by atoms with Crippen molar-refractivity contribution >= 4 is 20.3 Å². The Kier molecular flexibility index (Phi) is 3.73. The quantitative estimate of drug-likeness (QED) is 0.891. The van der Waals surface area contributed by atoms with Crippen LogP contribution in [0.4, 0.5) is 0 Å². The van der Waals surface area contributed by atoms with E-state index in [9.17, 15) is 9.59 Å². The van der Waals surface area contributed by atoms with Crippen molar-refractivity contribution in [3.63, 3.8) is 0 Å². The minimum Gasteiger partial charge on any atom is -0.478 e. The third-order valence-corrected chi connectivity index (χ3v) is 2.89. The fourth-order valence-electron chi connectivity index (χ4n) is 1.41. The summed E-state index contributed by atoms with van der Waals surface area (Å²) >= 11 is 0. The molecule has 2 aromatic rings. The van der Waals surface area contributed by atoms with Gasteiger partial charge in [-0.05, 0) is 12.1 Å². The lowest BCUT2D eigenvalue weighted by Crippen LogP contribution is -2.09. The smallest absolute Gasteiger partial charge is 0.342 e. The van der Waals surface area contributed by atoms with E-state index in [2.05, 4.69) is 4.75 Å². The molecule has 0 bridgehead atoms. The van der Waals surface area contributed by atoms with Gasteiger partial charge in [0.15, 0.2) is 0 Å². The lowest BCUT2D eigenvalue weighted by atomic mass is 10.2. The highest BCUT2D eigenvalue weighted by molar-refractivity contribution is 7.24. The van der Waals surface area contributed by atoms with Crippen molar-refractivity contribution in [3.05, 3.63) is 47.3 Å². The molecular weight excluding hydrogens is 269 g/mol. The second kappa shape index (κ2) is 5.46. The van der Waals surface area contributed by atoms with Gasteiger partial charge in [0, 0.05) is 14.1 Å². The highest BCUT2D eigenvalue weighted by atomic mass is 31.0. The Balaban J connectivity index is 2.48. The van der Waals surface area contributed by atoms with Gasteiger partial charge in [-0.25, -0.2) is 9.59 Å². The van der Waals surface area contributed by atoms with Crippen LogP contribution in [0.1, 0.15) is 20.7 Å². The zero-order valence-corrected chi connectivity index (χ0v) is 10.4. The number of carboxylic acid groups (broad SMARTS) is 2. The first kappa shape index (κ1) is 13.0. The van der Waals surface area contributed by atoms with Gasteiger partial charge in [-0.2, -0.15) is 4.75 Å². The lowest BCUT2D eigenvalue weighted by Gasteiger charge is -2.08. The summed E-state index contributed by atoms with van der Waals surface area (Å²) in [6.45, 7) is 0. The number of aromatic carboxylic acids is 2. The van der Waals surface area contributed by atoms with E-state index in [-0.39, 0.29) is 11.4 Å². The number of hydrogen-bond acceptors (Lipinski definition) is 4. The topological polar surface area (TPSA) is 96.7 Å². The minimum absolute atomic E-state index is 0.208. The summed E-state index contributed by atoms with van der Waals surface area (Å²) in [4.78, 5) is 22.2. The standard InChI is InChI=1S/C12H8NO5P/c14-11(15)8-6-19-13-10(9(8)12(16)17)18-7-4-2-1-3-5-7/h1-6H,(H,14,15)(H,16,17). The van der Waals surface area contributed by atoms with Gasteiger partial charge in [0.1, 0.15) is 11.3 Å². The van der Waals surface area contributed by atoms with E-state index in [1.807, 2.05) is 0 Å². The Hall–Kier alpha value is -2.46. The molecule has 0 unspecified atom stereocenters. The van der Waals surface area contributed by atoms with Crippen molar-refractivity contribution in [2.75, 3.05) is 0 Å². The van der Waals surface area contributed by atoms with Crippen LogP contribution in [0.15, 0.2) is 36.1 Å². The van der Waals surface area contributed by atoms with Crippen LogP contribution < -0.4 is 4.74 Å². The molecule has 1 heterocycles. The van der Waals surface area contributed by atoms with E-state index < -0.39 is 17.5 Å². The number of rotatable bonds is 4. The van der Waals surface area contributed by atoms with E-state index in [1.54, 1.807) is 30.3 Å². The SMILES string of the molecule is O=C(O)c1cpnc(Oc2ccccc2)c1C(=O)O. The highest BCUT2D eigenvalue weighted by Crippen LogP contribution is 2.28. The van der Waals surface area contributed by atoms with E-state index in [1.165, 1.54) is 5.80 Å². The summed E-state index contributed by atoms with van der Waals surface area (Å²) < 4.78 is 9.20. The number of hydrogen-bond donors (Lipinski definition) is 2. The molecule has 2 N–H and O–H groups in total. The molecule has 0 saturated carbocycles. The summed E-state index contributed by atoms with van der Waals surface area (Å²) in [6, 6.07) is 8.45. The largest absolute Gasteiger partial charge is 0.478 e. The second-order valence-electron chi connectivity index (χ2n) is 3.46. The van der Waals surface area contributed by atoms with Gasteiger partial charge in [0.25, 0.3) is 0 Å². The fraction of sp³-hybridized carbons (Fsp3) is 0. The van der Waals surface area contributed by atoms with Gasteiger partial charge in [0.05, 0.1) is 5.56 Å². The number of nitrogens with zero attached hydrogens (tertiary/aromatic N) is 1. The maximum absolute atomic E-state index is 11.2. The van der Waals surface area contributed by atoms with E-state index in [0.29, 0.717) is 14.1 Å². The number of benzene rings is 1. The molecule has 96 valence electrons. The molecule has 1 aromatic carbocycles. The van der Waals surface area contributed by atoms with Crippen LogP contribution in [0.25, 0.3) is 0 Å². The van der Waals surface area contributed by atoms with Crippen molar-refractivity contribution in [1.82, 2.24) is 4.75 Å². The average molecular weight is 277 g/mol. The number of para-hydroxylation sites is 1. The van der Waals surface area contributed by atoms with Gasteiger partial charge < -0.3 is 14.9 Å². The van der Waals surface area contributed by atoms with E-state index >= 15 is 0 Å². The summed E-state index contributed by atoms with van der Waals surface area (Å²) in [5, 5.41) is 18.1. The molecular formula is C12H8NO5P. The first-order valence-electron chi connectivity index (χ1n) is 5.14. The Morgan fingerprint density at radius 1 is 1.11 bits per heavy atom. The minimum atomic E-state index is -1.39. The van der Waals surface area contributed by atoms with Crippen LogP contribution in [0.5, 0.6) is 11.6 Å². The second-order valence-corrected chi connectivity index (χ2v) is 4.15. The van der Waals surface area contributed by atoms with Crippen molar-refractivity contribution in [1.29, 1.82) is 0 Å². The summed E-state index contributed by atoms with van der Waals surface area (Å²) in [6.07, 6.45) is 0.